The van der Waals surface area contributed by atoms with Gasteiger partial charge >= 0.3 is 0 Å². The maximum Gasteiger partial charge on any atom is 0.205 e. The highest BCUT2D eigenvalue weighted by molar-refractivity contribution is 7.15. The summed E-state index contributed by atoms with van der Waals surface area (Å²) in [5.41, 5.74) is 2.40. The normalized spacial score (nSPS) is 15.1. The zero-order valence-electron chi connectivity index (χ0n) is 12.7. The van der Waals surface area contributed by atoms with E-state index in [9.17, 15) is 0 Å². The van der Waals surface area contributed by atoms with Gasteiger partial charge in [0.05, 0.1) is 24.5 Å². The Morgan fingerprint density at radius 1 is 1.33 bits per heavy atom. The molecule has 6 nitrogen and oxygen atoms in total. The number of hydrogen-bond acceptors (Lipinski definition) is 6. The van der Waals surface area contributed by atoms with Gasteiger partial charge in [-0.1, -0.05) is 24.7 Å². The molecule has 2 aromatic heterocycles. The summed E-state index contributed by atoms with van der Waals surface area (Å²) in [4.78, 5) is 2.52. The highest BCUT2D eigenvalue weighted by atomic mass is 32.1. The topological polar surface area (TPSA) is 58.9 Å². The molecule has 0 aromatic carbocycles. The predicted molar refractivity (Wildman–Crippen MR) is 84.4 cm³/mol. The molecule has 0 spiro atoms. The second kappa shape index (κ2) is 6.53. The molecule has 2 aromatic rings. The Morgan fingerprint density at radius 2 is 2.24 bits per heavy atom. The fourth-order valence-electron chi connectivity index (χ4n) is 2.57. The van der Waals surface area contributed by atoms with Crippen LogP contribution >= 0.6 is 11.3 Å². The van der Waals surface area contributed by atoms with E-state index in [1.54, 1.807) is 11.3 Å². The number of nitrogens with one attached hydrogen (secondary N) is 1. The van der Waals surface area contributed by atoms with Crippen molar-refractivity contribution >= 4 is 16.5 Å². The van der Waals surface area contributed by atoms with Crippen molar-refractivity contribution in [3.05, 3.63) is 22.5 Å². The first-order chi connectivity index (χ1) is 10.2. The van der Waals surface area contributed by atoms with Crippen molar-refractivity contribution in [3.8, 4) is 0 Å². The van der Waals surface area contributed by atoms with E-state index in [1.807, 2.05) is 6.92 Å². The highest BCUT2D eigenvalue weighted by Crippen LogP contribution is 2.17. The summed E-state index contributed by atoms with van der Waals surface area (Å²) in [6, 6.07) is 2.21. The number of unbranched alkanes of at least 4 members (excludes halogenated alkanes) is 1. The van der Waals surface area contributed by atoms with Gasteiger partial charge < -0.3 is 5.32 Å². The van der Waals surface area contributed by atoms with Crippen LogP contribution in [0.2, 0.25) is 0 Å². The lowest BCUT2D eigenvalue weighted by Crippen LogP contribution is -2.34. The molecule has 0 aliphatic carbocycles. The Labute approximate surface area is 129 Å². The zero-order chi connectivity index (χ0) is 14.7. The Hall–Kier alpha value is -1.47. The fourth-order valence-corrected chi connectivity index (χ4v) is 3.16. The monoisotopic (exact) mass is 306 g/mol. The van der Waals surface area contributed by atoms with Crippen LogP contribution in [-0.4, -0.2) is 38.0 Å². The maximum atomic E-state index is 4.67. The van der Waals surface area contributed by atoms with Crippen molar-refractivity contribution in [2.75, 3.05) is 18.4 Å². The van der Waals surface area contributed by atoms with Crippen molar-refractivity contribution in [3.63, 3.8) is 0 Å². The number of nitrogens with zero attached hydrogens (tertiary/aromatic N) is 5. The first-order valence-electron chi connectivity index (χ1n) is 7.56. The van der Waals surface area contributed by atoms with Gasteiger partial charge in [-0.3, -0.25) is 9.58 Å². The van der Waals surface area contributed by atoms with Crippen LogP contribution in [0.5, 0.6) is 0 Å². The van der Waals surface area contributed by atoms with Crippen molar-refractivity contribution in [1.82, 2.24) is 24.9 Å². The quantitative estimate of drug-likeness (QED) is 0.887. The van der Waals surface area contributed by atoms with E-state index in [0.29, 0.717) is 6.54 Å². The first kappa shape index (κ1) is 14.5. The van der Waals surface area contributed by atoms with E-state index in [2.05, 4.69) is 43.2 Å². The molecule has 3 heterocycles. The molecule has 0 fully saturated rings. The minimum absolute atomic E-state index is 0.712. The Kier molecular flexibility index (Phi) is 4.50. The van der Waals surface area contributed by atoms with Crippen molar-refractivity contribution in [2.45, 2.75) is 46.3 Å². The first-order valence-corrected chi connectivity index (χ1v) is 8.38. The molecule has 1 aliphatic heterocycles. The third-order valence-corrected chi connectivity index (χ3v) is 4.50. The lowest BCUT2D eigenvalue weighted by molar-refractivity contribution is 0.210. The summed E-state index contributed by atoms with van der Waals surface area (Å²) in [5.74, 6) is 0. The summed E-state index contributed by atoms with van der Waals surface area (Å²) in [6.07, 6.45) is 2.53. The smallest absolute Gasteiger partial charge is 0.205 e. The highest BCUT2D eigenvalue weighted by Gasteiger charge is 2.17. The van der Waals surface area contributed by atoms with Crippen LogP contribution in [0.25, 0.3) is 0 Å². The van der Waals surface area contributed by atoms with Gasteiger partial charge in [-0.2, -0.15) is 5.10 Å². The summed E-state index contributed by atoms with van der Waals surface area (Å²) >= 11 is 1.58. The third kappa shape index (κ3) is 3.59. The molecule has 21 heavy (non-hydrogen) atoms. The molecule has 1 aliphatic rings. The Morgan fingerprint density at radius 3 is 3.00 bits per heavy atom. The van der Waals surface area contributed by atoms with E-state index < -0.39 is 0 Å². The molecule has 114 valence electrons. The minimum Gasteiger partial charge on any atom is -0.354 e. The molecule has 0 unspecified atom stereocenters. The number of anilines is 1. The number of hydrogen-bond donors (Lipinski definition) is 1. The Balaban J connectivity index is 1.58. The molecule has 0 bridgehead atoms. The average Bonchev–Trinajstić information content (AvgIpc) is 3.08. The summed E-state index contributed by atoms with van der Waals surface area (Å²) in [6.45, 7) is 9.23. The molecule has 0 saturated heterocycles. The van der Waals surface area contributed by atoms with E-state index in [1.165, 1.54) is 25.1 Å². The summed E-state index contributed by atoms with van der Waals surface area (Å²) < 4.78 is 2.14. The van der Waals surface area contributed by atoms with Crippen LogP contribution in [0.3, 0.4) is 0 Å². The van der Waals surface area contributed by atoms with Crippen molar-refractivity contribution < 1.29 is 0 Å². The van der Waals surface area contributed by atoms with Gasteiger partial charge in [0.25, 0.3) is 0 Å². The maximum absolute atomic E-state index is 4.67. The molecular weight excluding hydrogens is 284 g/mol. The fraction of sp³-hybridized carbons (Fsp3) is 0.643. The van der Waals surface area contributed by atoms with E-state index in [4.69, 9.17) is 0 Å². The predicted octanol–water partition coefficient (Wildman–Crippen LogP) is 2.27. The second-order valence-electron chi connectivity index (χ2n) is 5.46. The van der Waals surface area contributed by atoms with Crippen LogP contribution in [-0.2, 0) is 19.6 Å². The van der Waals surface area contributed by atoms with E-state index >= 15 is 0 Å². The van der Waals surface area contributed by atoms with Gasteiger partial charge in [-0.15, -0.1) is 10.2 Å². The second-order valence-corrected chi connectivity index (χ2v) is 6.64. The minimum atomic E-state index is 0.712. The number of fused-ring (bicyclic) bond motifs is 1. The van der Waals surface area contributed by atoms with Gasteiger partial charge in [0.15, 0.2) is 0 Å². The number of aromatic nitrogens is 4. The molecule has 7 heteroatoms. The lowest BCUT2D eigenvalue weighted by Gasteiger charge is -2.27. The standard InChI is InChI=1S/C14H22N6S/c1-3-4-5-19-6-7-20-13(10-19)8-12(18-20)9-15-14-17-16-11(2)21-14/h8H,3-7,9-10H2,1-2H3,(H,15,17). The molecule has 0 radical (unpaired) electrons. The molecule has 0 saturated carbocycles. The van der Waals surface area contributed by atoms with Crippen molar-refractivity contribution in [2.24, 2.45) is 0 Å². The average molecular weight is 306 g/mol. The zero-order valence-corrected chi connectivity index (χ0v) is 13.5. The van der Waals surface area contributed by atoms with Gasteiger partial charge in [0, 0.05) is 13.1 Å². The molecule has 1 N–H and O–H groups in total. The van der Waals surface area contributed by atoms with E-state index in [-0.39, 0.29) is 0 Å². The summed E-state index contributed by atoms with van der Waals surface area (Å²) in [7, 11) is 0. The van der Waals surface area contributed by atoms with Gasteiger partial charge in [0.2, 0.25) is 5.13 Å². The van der Waals surface area contributed by atoms with Crippen LogP contribution in [0.1, 0.15) is 36.2 Å². The molecular formula is C14H22N6S. The third-order valence-electron chi connectivity index (χ3n) is 3.70. The van der Waals surface area contributed by atoms with Crippen LogP contribution in [0, 0.1) is 6.92 Å². The summed E-state index contributed by atoms with van der Waals surface area (Å²) in [5, 5.41) is 17.9. The van der Waals surface area contributed by atoms with E-state index in [0.717, 1.165) is 35.5 Å². The number of rotatable bonds is 6. The largest absolute Gasteiger partial charge is 0.354 e. The lowest BCUT2D eigenvalue weighted by atomic mass is 10.2. The van der Waals surface area contributed by atoms with Gasteiger partial charge in [-0.25, -0.2) is 0 Å². The molecule has 0 atom stereocenters. The van der Waals surface area contributed by atoms with Gasteiger partial charge in [-0.05, 0) is 26.0 Å². The Bertz CT molecular complexity index is 590. The molecule has 0 amide bonds. The SMILES string of the molecule is CCCCN1CCn2nc(CNc3nnc(C)s3)cc2C1. The van der Waals surface area contributed by atoms with Gasteiger partial charge in [0.1, 0.15) is 5.01 Å². The van der Waals surface area contributed by atoms with Crippen LogP contribution in [0.15, 0.2) is 6.07 Å². The number of aryl methyl sites for hydroxylation is 1. The van der Waals surface area contributed by atoms with Crippen molar-refractivity contribution in [1.29, 1.82) is 0 Å². The van der Waals surface area contributed by atoms with Crippen LogP contribution < -0.4 is 5.32 Å². The molecule has 3 rings (SSSR count). The van der Waals surface area contributed by atoms with Crippen LogP contribution in [0.4, 0.5) is 5.13 Å².